The Morgan fingerprint density at radius 2 is 2.12 bits per heavy atom. The summed E-state index contributed by atoms with van der Waals surface area (Å²) in [5, 5.41) is 5.05. The van der Waals surface area contributed by atoms with E-state index in [-0.39, 0.29) is 17.7 Å². The maximum Gasteiger partial charge on any atom is 0.223 e. The minimum Gasteiger partial charge on any atom is -0.352 e. The number of carbonyl (C=O) groups is 2. The van der Waals surface area contributed by atoms with Gasteiger partial charge in [0.05, 0.1) is 0 Å². The number of pyridine rings is 1. The van der Waals surface area contributed by atoms with Crippen molar-refractivity contribution in [2.24, 2.45) is 5.92 Å². The van der Waals surface area contributed by atoms with Crippen molar-refractivity contribution in [1.29, 1.82) is 0 Å². The first kappa shape index (κ1) is 16.6. The van der Waals surface area contributed by atoms with Crippen LogP contribution in [0.4, 0.5) is 0 Å². The van der Waals surface area contributed by atoms with Gasteiger partial charge in [-0.25, -0.2) is 0 Å². The van der Waals surface area contributed by atoms with Crippen LogP contribution in [-0.4, -0.2) is 34.8 Å². The van der Waals surface area contributed by atoms with Gasteiger partial charge in [0.25, 0.3) is 0 Å². The summed E-state index contributed by atoms with van der Waals surface area (Å²) < 4.78 is 0. The molecule has 0 aromatic carbocycles. The van der Waals surface area contributed by atoms with E-state index in [1.807, 2.05) is 17.6 Å². The standard InChI is InChI=1S/C18H21N3O2S/c1-13(22)21-6-4-15(5-7-21)18(23)20-11-14-9-16(12-19-10-14)17-3-2-8-24-17/h2-3,8-10,12,15H,4-7,11H2,1H3,(H,20,23). The van der Waals surface area contributed by atoms with Crippen LogP contribution in [0.1, 0.15) is 25.3 Å². The quantitative estimate of drug-likeness (QED) is 0.928. The van der Waals surface area contributed by atoms with Crippen molar-refractivity contribution in [3.05, 3.63) is 41.5 Å². The van der Waals surface area contributed by atoms with Crippen molar-refractivity contribution in [2.75, 3.05) is 13.1 Å². The molecule has 3 rings (SSSR count). The molecule has 2 amide bonds. The van der Waals surface area contributed by atoms with Crippen molar-refractivity contribution < 1.29 is 9.59 Å². The summed E-state index contributed by atoms with van der Waals surface area (Å²) in [5.41, 5.74) is 2.07. The fourth-order valence-corrected chi connectivity index (χ4v) is 3.66. The van der Waals surface area contributed by atoms with Crippen molar-refractivity contribution in [3.63, 3.8) is 0 Å². The lowest BCUT2D eigenvalue weighted by Gasteiger charge is -2.30. The minimum absolute atomic E-state index is 0.00552. The molecule has 6 heteroatoms. The molecule has 0 aliphatic carbocycles. The summed E-state index contributed by atoms with van der Waals surface area (Å²) in [6, 6.07) is 6.15. The van der Waals surface area contributed by atoms with Crippen molar-refractivity contribution in [2.45, 2.75) is 26.3 Å². The highest BCUT2D eigenvalue weighted by Gasteiger charge is 2.25. The molecule has 0 spiro atoms. The second kappa shape index (κ2) is 7.57. The summed E-state index contributed by atoms with van der Waals surface area (Å²) in [4.78, 5) is 30.9. The summed E-state index contributed by atoms with van der Waals surface area (Å²) in [5.74, 6) is 0.152. The van der Waals surface area contributed by atoms with E-state index in [9.17, 15) is 9.59 Å². The van der Waals surface area contributed by atoms with Gasteiger partial charge in [-0.15, -0.1) is 11.3 Å². The van der Waals surface area contributed by atoms with E-state index < -0.39 is 0 Å². The van der Waals surface area contributed by atoms with E-state index in [2.05, 4.69) is 22.4 Å². The number of nitrogens with zero attached hydrogens (tertiary/aromatic N) is 2. The van der Waals surface area contributed by atoms with E-state index in [1.165, 1.54) is 4.88 Å². The van der Waals surface area contributed by atoms with Crippen LogP contribution in [0.3, 0.4) is 0 Å². The first-order valence-electron chi connectivity index (χ1n) is 8.14. The Kier molecular flexibility index (Phi) is 5.25. The first-order chi connectivity index (χ1) is 11.6. The lowest BCUT2D eigenvalue weighted by Crippen LogP contribution is -2.42. The summed E-state index contributed by atoms with van der Waals surface area (Å²) in [7, 11) is 0. The Morgan fingerprint density at radius 1 is 1.33 bits per heavy atom. The summed E-state index contributed by atoms with van der Waals surface area (Å²) in [6.07, 6.45) is 5.10. The second-order valence-corrected chi connectivity index (χ2v) is 7.01. The molecule has 3 heterocycles. The van der Waals surface area contributed by atoms with Gasteiger partial charge in [-0.2, -0.15) is 0 Å². The molecule has 0 radical (unpaired) electrons. The number of piperidine rings is 1. The molecule has 5 nitrogen and oxygen atoms in total. The highest BCUT2D eigenvalue weighted by molar-refractivity contribution is 7.13. The van der Waals surface area contributed by atoms with Gasteiger partial charge in [0.1, 0.15) is 0 Å². The molecule has 2 aromatic heterocycles. The zero-order chi connectivity index (χ0) is 16.9. The van der Waals surface area contributed by atoms with Crippen LogP contribution < -0.4 is 5.32 Å². The maximum atomic E-state index is 12.3. The van der Waals surface area contributed by atoms with Crippen molar-refractivity contribution in [1.82, 2.24) is 15.2 Å². The number of carbonyl (C=O) groups excluding carboxylic acids is 2. The molecule has 2 aromatic rings. The number of amides is 2. The van der Waals surface area contributed by atoms with Crippen LogP contribution in [0.2, 0.25) is 0 Å². The van der Waals surface area contributed by atoms with Crippen LogP contribution in [0, 0.1) is 5.92 Å². The molecule has 0 atom stereocenters. The minimum atomic E-state index is -0.00552. The van der Waals surface area contributed by atoms with Crippen LogP contribution in [0.15, 0.2) is 36.0 Å². The van der Waals surface area contributed by atoms with Crippen molar-refractivity contribution >= 4 is 23.2 Å². The third kappa shape index (κ3) is 4.00. The molecular formula is C18H21N3O2S. The van der Waals surface area contributed by atoms with Crippen molar-refractivity contribution in [3.8, 4) is 10.4 Å². The Bertz CT molecular complexity index is 707. The third-order valence-corrected chi connectivity index (χ3v) is 5.30. The van der Waals surface area contributed by atoms with Gasteiger partial charge in [0.2, 0.25) is 11.8 Å². The lowest BCUT2D eigenvalue weighted by atomic mass is 9.96. The lowest BCUT2D eigenvalue weighted by molar-refractivity contribution is -0.134. The number of nitrogens with one attached hydrogen (secondary N) is 1. The average Bonchev–Trinajstić information content (AvgIpc) is 3.15. The Hall–Kier alpha value is -2.21. The number of rotatable bonds is 4. The third-order valence-electron chi connectivity index (χ3n) is 4.38. The zero-order valence-corrected chi connectivity index (χ0v) is 14.5. The normalized spacial score (nSPS) is 15.3. The van der Waals surface area contributed by atoms with Gasteiger partial charge in [-0.1, -0.05) is 6.07 Å². The number of aromatic nitrogens is 1. The predicted octanol–water partition coefficient (Wildman–Crippen LogP) is 2.68. The van der Waals surface area contributed by atoms with Gasteiger partial charge in [0, 0.05) is 55.3 Å². The van der Waals surface area contributed by atoms with Crippen LogP contribution in [0.5, 0.6) is 0 Å². The number of thiophene rings is 1. The van der Waals surface area contributed by atoms with Crippen LogP contribution >= 0.6 is 11.3 Å². The SMILES string of the molecule is CC(=O)N1CCC(C(=O)NCc2cncc(-c3cccs3)c2)CC1. The molecule has 1 aliphatic heterocycles. The molecule has 24 heavy (non-hydrogen) atoms. The molecule has 1 aliphatic rings. The first-order valence-corrected chi connectivity index (χ1v) is 9.02. The van der Waals surface area contributed by atoms with Gasteiger partial charge in [0.15, 0.2) is 0 Å². The zero-order valence-electron chi connectivity index (χ0n) is 13.7. The Morgan fingerprint density at radius 3 is 2.79 bits per heavy atom. The van der Waals surface area contributed by atoms with E-state index in [0.717, 1.165) is 24.0 Å². The van der Waals surface area contributed by atoms with Crippen LogP contribution in [0.25, 0.3) is 10.4 Å². The highest BCUT2D eigenvalue weighted by atomic mass is 32.1. The topological polar surface area (TPSA) is 62.3 Å². The van der Waals surface area contributed by atoms with E-state index in [0.29, 0.717) is 19.6 Å². The van der Waals surface area contributed by atoms with Crippen LogP contribution in [-0.2, 0) is 16.1 Å². The molecule has 0 unspecified atom stereocenters. The number of hydrogen-bond donors (Lipinski definition) is 1. The molecule has 1 N–H and O–H groups in total. The largest absolute Gasteiger partial charge is 0.352 e. The fraction of sp³-hybridized carbons (Fsp3) is 0.389. The summed E-state index contributed by atoms with van der Waals surface area (Å²) in [6.45, 7) is 3.40. The second-order valence-electron chi connectivity index (χ2n) is 6.06. The number of likely N-dealkylation sites (tertiary alicyclic amines) is 1. The monoisotopic (exact) mass is 343 g/mol. The Balaban J connectivity index is 1.53. The van der Waals surface area contributed by atoms with Gasteiger partial charge in [-0.05, 0) is 35.9 Å². The summed E-state index contributed by atoms with van der Waals surface area (Å²) >= 11 is 1.67. The number of hydrogen-bond acceptors (Lipinski definition) is 4. The molecule has 0 bridgehead atoms. The van der Waals surface area contributed by atoms with Gasteiger partial charge < -0.3 is 10.2 Å². The molecular weight excluding hydrogens is 322 g/mol. The van der Waals surface area contributed by atoms with E-state index in [4.69, 9.17) is 0 Å². The van der Waals surface area contributed by atoms with Gasteiger partial charge in [-0.3, -0.25) is 14.6 Å². The predicted molar refractivity (Wildman–Crippen MR) is 94.4 cm³/mol. The molecule has 126 valence electrons. The van der Waals surface area contributed by atoms with E-state index >= 15 is 0 Å². The molecule has 1 saturated heterocycles. The smallest absolute Gasteiger partial charge is 0.223 e. The fourth-order valence-electron chi connectivity index (χ4n) is 2.95. The highest BCUT2D eigenvalue weighted by Crippen LogP contribution is 2.24. The molecule has 1 fully saturated rings. The molecule has 0 saturated carbocycles. The van der Waals surface area contributed by atoms with E-state index in [1.54, 1.807) is 29.4 Å². The maximum absolute atomic E-state index is 12.3. The van der Waals surface area contributed by atoms with Gasteiger partial charge >= 0.3 is 0 Å². The average molecular weight is 343 g/mol. The Labute approximate surface area is 145 Å².